The Labute approximate surface area is 305 Å². The van der Waals surface area contributed by atoms with Crippen molar-refractivity contribution in [3.05, 3.63) is 65.7 Å². The van der Waals surface area contributed by atoms with Gasteiger partial charge < -0.3 is 30.1 Å². The van der Waals surface area contributed by atoms with E-state index in [1.54, 1.807) is 64.3 Å². The van der Waals surface area contributed by atoms with Crippen LogP contribution in [0, 0.1) is 0 Å². The number of carbonyl (C=O) groups is 4. The summed E-state index contributed by atoms with van der Waals surface area (Å²) in [5.74, 6) is 0.565. The summed E-state index contributed by atoms with van der Waals surface area (Å²) in [6, 6.07) is 13.2. The second-order valence-electron chi connectivity index (χ2n) is 14.4. The lowest BCUT2D eigenvalue weighted by molar-refractivity contribution is -0.132. The molecular weight excluding hydrogens is 697 g/mol. The number of aliphatic hydroxyl groups excluding tert-OH is 1. The van der Waals surface area contributed by atoms with Crippen molar-refractivity contribution < 1.29 is 42.2 Å². The van der Waals surface area contributed by atoms with Crippen LogP contribution in [-0.2, 0) is 41.9 Å². The van der Waals surface area contributed by atoms with E-state index in [0.717, 1.165) is 11.3 Å². The highest BCUT2D eigenvalue weighted by Crippen LogP contribution is 2.18. The van der Waals surface area contributed by atoms with Crippen molar-refractivity contribution in [2.75, 3.05) is 24.7 Å². The van der Waals surface area contributed by atoms with E-state index in [-0.39, 0.29) is 30.2 Å². The number of sulfonamides is 1. The molecule has 1 heterocycles. The van der Waals surface area contributed by atoms with Gasteiger partial charge in [0.15, 0.2) is 5.78 Å². The molecule has 51 heavy (non-hydrogen) atoms. The highest BCUT2D eigenvalue weighted by molar-refractivity contribution is 7.99. The van der Waals surface area contributed by atoms with E-state index in [1.165, 1.54) is 18.2 Å². The molecule has 15 heteroatoms. The minimum atomic E-state index is -3.96. The molecule has 2 aromatic carbocycles. The number of amides is 3. The Morgan fingerprint density at radius 1 is 0.882 bits per heavy atom. The SMILES string of the molecule is CC(C)(C)OC(=O)NC(CCCCNS(=O)(=O)c1cccc(CC(=O)C(O)C(Cc2ccccc2)NC(=O)OC(C)(C)C)c1)C(=O)N1CCSC1. The van der Waals surface area contributed by atoms with Gasteiger partial charge in [-0.05, 0) is 90.5 Å². The highest BCUT2D eigenvalue weighted by atomic mass is 32.2. The fraction of sp³-hybridized carbons (Fsp3) is 0.556. The maximum absolute atomic E-state index is 13.3. The Morgan fingerprint density at radius 3 is 2.12 bits per heavy atom. The van der Waals surface area contributed by atoms with Gasteiger partial charge in [-0.1, -0.05) is 42.5 Å². The molecule has 0 aliphatic carbocycles. The van der Waals surface area contributed by atoms with E-state index >= 15 is 0 Å². The lowest BCUT2D eigenvalue weighted by Gasteiger charge is -2.26. The van der Waals surface area contributed by atoms with E-state index in [9.17, 15) is 32.7 Å². The summed E-state index contributed by atoms with van der Waals surface area (Å²) < 4.78 is 39.6. The van der Waals surface area contributed by atoms with E-state index in [4.69, 9.17) is 9.47 Å². The van der Waals surface area contributed by atoms with Crippen molar-refractivity contribution in [2.45, 2.75) is 108 Å². The van der Waals surface area contributed by atoms with Crippen LogP contribution in [0.25, 0.3) is 0 Å². The first kappa shape index (κ1) is 41.8. The number of benzene rings is 2. The van der Waals surface area contributed by atoms with Crippen molar-refractivity contribution in [1.29, 1.82) is 0 Å². The first-order valence-corrected chi connectivity index (χ1v) is 19.7. The molecule has 0 radical (unpaired) electrons. The quantitative estimate of drug-likeness (QED) is 0.182. The third kappa shape index (κ3) is 14.8. The van der Waals surface area contributed by atoms with Crippen molar-refractivity contribution in [3.63, 3.8) is 0 Å². The van der Waals surface area contributed by atoms with Gasteiger partial charge in [-0.25, -0.2) is 22.7 Å². The average Bonchev–Trinajstić information content (AvgIpc) is 3.57. The van der Waals surface area contributed by atoms with Gasteiger partial charge in [0.2, 0.25) is 15.9 Å². The molecule has 1 aliphatic rings. The highest BCUT2D eigenvalue weighted by Gasteiger charge is 2.31. The van der Waals surface area contributed by atoms with Crippen LogP contribution in [0.1, 0.15) is 71.9 Å². The Hall–Kier alpha value is -3.66. The van der Waals surface area contributed by atoms with Crippen LogP contribution >= 0.6 is 11.8 Å². The lowest BCUT2D eigenvalue weighted by atomic mass is 9.95. The van der Waals surface area contributed by atoms with Gasteiger partial charge >= 0.3 is 12.2 Å². The summed E-state index contributed by atoms with van der Waals surface area (Å²) in [6.07, 6.45) is -2.03. The smallest absolute Gasteiger partial charge is 0.408 e. The number of nitrogens with zero attached hydrogens (tertiary/aromatic N) is 1. The van der Waals surface area contributed by atoms with Crippen LogP contribution in [0.5, 0.6) is 0 Å². The molecule has 4 N–H and O–H groups in total. The second-order valence-corrected chi connectivity index (χ2v) is 17.3. The number of ketones is 1. The molecule has 3 unspecified atom stereocenters. The summed E-state index contributed by atoms with van der Waals surface area (Å²) in [6.45, 7) is 11.0. The molecule has 0 aromatic heterocycles. The Kier molecular flexibility index (Phi) is 15.3. The maximum Gasteiger partial charge on any atom is 0.408 e. The zero-order valence-electron chi connectivity index (χ0n) is 30.3. The average molecular weight is 749 g/mol. The van der Waals surface area contributed by atoms with Gasteiger partial charge in [0.1, 0.15) is 23.3 Å². The number of Topliss-reactive ketones (excluding diaryl/α,β-unsaturated/α-hetero) is 1. The molecular formula is C36H52N4O9S2. The molecule has 1 fully saturated rings. The normalized spacial score (nSPS) is 15.4. The molecule has 282 valence electrons. The summed E-state index contributed by atoms with van der Waals surface area (Å²) in [5.41, 5.74) is -0.360. The summed E-state index contributed by atoms with van der Waals surface area (Å²) in [4.78, 5) is 53.0. The van der Waals surface area contributed by atoms with Crippen molar-refractivity contribution in [1.82, 2.24) is 20.3 Å². The van der Waals surface area contributed by atoms with Crippen LogP contribution in [0.2, 0.25) is 0 Å². The minimum Gasteiger partial charge on any atom is -0.444 e. The van der Waals surface area contributed by atoms with E-state index in [0.29, 0.717) is 37.2 Å². The number of hydrogen-bond acceptors (Lipinski definition) is 10. The molecule has 3 rings (SSSR count). The zero-order valence-corrected chi connectivity index (χ0v) is 31.9. The van der Waals surface area contributed by atoms with Crippen molar-refractivity contribution >= 4 is 45.7 Å². The fourth-order valence-corrected chi connectivity index (χ4v) is 7.30. The molecule has 3 atom stereocenters. The van der Waals surface area contributed by atoms with Gasteiger partial charge in [-0.2, -0.15) is 0 Å². The number of nitrogens with one attached hydrogen (secondary N) is 3. The standard InChI is InChI=1S/C36H52N4O9S2/c1-35(2,3)48-33(44)38-28(32(43)40-19-20-50-24-40)17-10-11-18-37-51(46,47)27-16-12-15-26(21-27)23-30(41)31(42)29(22-25-13-8-7-9-14-25)39-34(45)49-36(4,5)6/h7-9,12-16,21,28-29,31,37,42H,10-11,17-20,22-24H2,1-6H3,(H,38,44)(H,39,45). The molecule has 0 saturated carbocycles. The Balaban J connectivity index is 1.59. The third-order valence-electron chi connectivity index (χ3n) is 7.56. The maximum atomic E-state index is 13.3. The van der Waals surface area contributed by atoms with Crippen molar-refractivity contribution in [2.24, 2.45) is 0 Å². The Bertz CT molecular complexity index is 1590. The molecule has 13 nitrogen and oxygen atoms in total. The van der Waals surface area contributed by atoms with Crippen LogP contribution in [0.4, 0.5) is 9.59 Å². The minimum absolute atomic E-state index is 0.0545. The molecule has 0 spiro atoms. The Morgan fingerprint density at radius 2 is 1.51 bits per heavy atom. The van der Waals surface area contributed by atoms with Gasteiger partial charge in [0.05, 0.1) is 16.8 Å². The topological polar surface area (TPSA) is 180 Å². The summed E-state index contributed by atoms with van der Waals surface area (Å²) in [7, 11) is -3.96. The molecule has 2 aromatic rings. The zero-order chi connectivity index (χ0) is 37.8. The number of aliphatic hydroxyl groups is 1. The van der Waals surface area contributed by atoms with Crippen LogP contribution in [0.15, 0.2) is 59.5 Å². The van der Waals surface area contributed by atoms with Gasteiger partial charge in [-0.3, -0.25) is 9.59 Å². The first-order valence-electron chi connectivity index (χ1n) is 17.0. The number of alkyl carbamates (subject to hydrolysis) is 2. The number of rotatable bonds is 16. The number of carbonyl (C=O) groups excluding carboxylic acids is 4. The predicted molar refractivity (Wildman–Crippen MR) is 196 cm³/mol. The van der Waals surface area contributed by atoms with Crippen LogP contribution in [0.3, 0.4) is 0 Å². The van der Waals surface area contributed by atoms with E-state index in [1.807, 2.05) is 30.3 Å². The van der Waals surface area contributed by atoms with E-state index < -0.39 is 57.4 Å². The molecule has 1 saturated heterocycles. The summed E-state index contributed by atoms with van der Waals surface area (Å²) >= 11 is 1.63. The molecule has 0 bridgehead atoms. The largest absolute Gasteiger partial charge is 0.444 e. The van der Waals surface area contributed by atoms with Gasteiger partial charge in [-0.15, -0.1) is 11.8 Å². The number of hydrogen-bond donors (Lipinski definition) is 4. The number of thioether (sulfide) groups is 1. The monoisotopic (exact) mass is 748 g/mol. The predicted octanol–water partition coefficient (Wildman–Crippen LogP) is 4.17. The fourth-order valence-electron chi connectivity index (χ4n) is 5.20. The lowest BCUT2D eigenvalue weighted by Crippen LogP contribution is -2.50. The van der Waals surface area contributed by atoms with Gasteiger partial charge in [0.25, 0.3) is 0 Å². The van der Waals surface area contributed by atoms with E-state index in [2.05, 4.69) is 15.4 Å². The van der Waals surface area contributed by atoms with Crippen LogP contribution < -0.4 is 15.4 Å². The van der Waals surface area contributed by atoms with Gasteiger partial charge in [0, 0.05) is 25.3 Å². The second kappa shape index (κ2) is 18.7. The number of unbranched alkanes of at least 4 members (excludes halogenated alkanes) is 1. The molecule has 1 aliphatic heterocycles. The number of ether oxygens (including phenoxy) is 2. The summed E-state index contributed by atoms with van der Waals surface area (Å²) in [5, 5.41) is 16.4. The first-order chi connectivity index (χ1) is 23.8. The third-order valence-corrected chi connectivity index (χ3v) is 9.99. The van der Waals surface area contributed by atoms with Crippen molar-refractivity contribution in [3.8, 4) is 0 Å². The molecule has 3 amide bonds. The van der Waals surface area contributed by atoms with Crippen LogP contribution in [-0.4, -0.2) is 96.4 Å².